The van der Waals surface area contributed by atoms with E-state index in [4.69, 9.17) is 9.84 Å². The smallest absolute Gasteiger partial charge is 0.341 e. The fraction of sp³-hybridized carbons (Fsp3) is 0.222. The summed E-state index contributed by atoms with van der Waals surface area (Å²) in [6.07, 6.45) is 0. The molecule has 25 heavy (non-hydrogen) atoms. The number of ether oxygens (including phenoxy) is 1. The maximum atomic E-state index is 12.4. The normalized spacial score (nSPS) is 10.2. The number of hydrogen-bond donors (Lipinski definition) is 2. The van der Waals surface area contributed by atoms with E-state index in [1.54, 1.807) is 43.3 Å². The minimum absolute atomic E-state index is 0.202. The van der Waals surface area contributed by atoms with Gasteiger partial charge in [-0.05, 0) is 53.9 Å². The fourth-order valence-corrected chi connectivity index (χ4v) is 2.22. The highest BCUT2D eigenvalue weighted by atomic mass is 16.5. The Hall–Kier alpha value is -3.22. The lowest BCUT2D eigenvalue weighted by molar-refractivity contribution is -0.139. The monoisotopic (exact) mass is 342 g/mol. The van der Waals surface area contributed by atoms with E-state index in [-0.39, 0.29) is 17.9 Å². The summed E-state index contributed by atoms with van der Waals surface area (Å²) in [4.78, 5) is 33.8. The number of carboxylic acids is 1. The molecular formula is C18H18N2O5. The number of nitroso groups, excluding NO2 is 1. The Morgan fingerprint density at radius 3 is 2.60 bits per heavy atom. The number of hydrogen-bond acceptors (Lipinski definition) is 5. The first-order valence-corrected chi connectivity index (χ1v) is 7.57. The number of nitrogens with zero attached hydrogens (tertiary/aromatic N) is 1. The van der Waals surface area contributed by atoms with Crippen molar-refractivity contribution >= 4 is 17.6 Å². The second-order valence-electron chi connectivity index (χ2n) is 5.58. The van der Waals surface area contributed by atoms with E-state index in [0.29, 0.717) is 5.69 Å². The molecule has 0 saturated carbocycles. The summed E-state index contributed by atoms with van der Waals surface area (Å²) >= 11 is 0. The molecule has 0 spiro atoms. The molecule has 7 heteroatoms. The van der Waals surface area contributed by atoms with E-state index in [1.807, 2.05) is 6.92 Å². The van der Waals surface area contributed by atoms with Gasteiger partial charge in [-0.25, -0.2) is 4.79 Å². The number of carboxylic acid groups (broad SMARTS) is 1. The van der Waals surface area contributed by atoms with E-state index >= 15 is 0 Å². The Labute approximate surface area is 144 Å². The summed E-state index contributed by atoms with van der Waals surface area (Å²) in [5.74, 6) is -1.32. The van der Waals surface area contributed by atoms with Crippen LogP contribution in [0.25, 0.3) is 0 Å². The predicted octanol–water partition coefficient (Wildman–Crippen LogP) is 3.09. The van der Waals surface area contributed by atoms with Crippen molar-refractivity contribution in [3.63, 3.8) is 0 Å². The van der Waals surface area contributed by atoms with Crippen molar-refractivity contribution in [3.05, 3.63) is 63.6 Å². The van der Waals surface area contributed by atoms with Crippen LogP contribution in [0.4, 0.5) is 5.69 Å². The largest absolute Gasteiger partial charge is 0.481 e. The van der Waals surface area contributed by atoms with E-state index in [0.717, 1.165) is 16.7 Å². The number of amides is 1. The SMILES string of the molecule is Cc1ccc(C(=O)NCc2ccc(C)c(N=O)c2)c(OCC(=O)O)c1. The molecule has 7 nitrogen and oxygen atoms in total. The molecule has 1 amide bonds. The highest BCUT2D eigenvalue weighted by Gasteiger charge is 2.14. The van der Waals surface area contributed by atoms with Gasteiger partial charge in [0.15, 0.2) is 6.61 Å². The van der Waals surface area contributed by atoms with Crippen molar-refractivity contribution in [1.29, 1.82) is 0 Å². The zero-order valence-corrected chi connectivity index (χ0v) is 13.9. The summed E-state index contributed by atoms with van der Waals surface area (Å²) in [7, 11) is 0. The molecule has 0 bridgehead atoms. The van der Waals surface area contributed by atoms with Gasteiger partial charge in [0.05, 0.1) is 5.56 Å². The lowest BCUT2D eigenvalue weighted by Gasteiger charge is -2.12. The van der Waals surface area contributed by atoms with Crippen molar-refractivity contribution in [2.45, 2.75) is 20.4 Å². The summed E-state index contributed by atoms with van der Waals surface area (Å²) in [5.41, 5.74) is 2.90. The van der Waals surface area contributed by atoms with Crippen LogP contribution in [-0.4, -0.2) is 23.6 Å². The number of nitrogens with one attached hydrogen (secondary N) is 1. The minimum Gasteiger partial charge on any atom is -0.481 e. The molecule has 2 aromatic carbocycles. The van der Waals surface area contributed by atoms with Crippen LogP contribution in [0, 0.1) is 18.8 Å². The number of benzene rings is 2. The van der Waals surface area contributed by atoms with Crippen LogP contribution in [0.1, 0.15) is 27.0 Å². The molecule has 0 fully saturated rings. The van der Waals surface area contributed by atoms with Crippen molar-refractivity contribution in [3.8, 4) is 5.75 Å². The fourth-order valence-electron chi connectivity index (χ4n) is 2.22. The molecule has 0 atom stereocenters. The minimum atomic E-state index is -1.12. The van der Waals surface area contributed by atoms with E-state index in [2.05, 4.69) is 10.5 Å². The average molecular weight is 342 g/mol. The van der Waals surface area contributed by atoms with Crippen LogP contribution < -0.4 is 10.1 Å². The number of carbonyl (C=O) groups excluding carboxylic acids is 1. The summed E-state index contributed by atoms with van der Waals surface area (Å²) in [6, 6.07) is 10.1. The van der Waals surface area contributed by atoms with Gasteiger partial charge in [0, 0.05) is 6.54 Å². The molecule has 2 N–H and O–H groups in total. The summed E-state index contributed by atoms with van der Waals surface area (Å²) in [5, 5.41) is 14.4. The number of aryl methyl sites for hydroxylation is 2. The number of carbonyl (C=O) groups is 2. The highest BCUT2D eigenvalue weighted by Crippen LogP contribution is 2.22. The molecule has 0 unspecified atom stereocenters. The zero-order chi connectivity index (χ0) is 18.4. The van der Waals surface area contributed by atoms with Crippen molar-refractivity contribution in [1.82, 2.24) is 5.32 Å². The third-order valence-electron chi connectivity index (χ3n) is 3.56. The first-order valence-electron chi connectivity index (χ1n) is 7.57. The van der Waals surface area contributed by atoms with Crippen LogP contribution in [-0.2, 0) is 11.3 Å². The standard InChI is InChI=1S/C18H18N2O5/c1-11-3-6-14(16(7-11)25-10-17(21)22)18(23)19-9-13-5-4-12(2)15(8-13)20-24/h3-8H,9-10H2,1-2H3,(H,19,23)(H,21,22). The Bertz CT molecular complexity index is 817. The Morgan fingerprint density at radius 1 is 1.16 bits per heavy atom. The summed E-state index contributed by atoms with van der Waals surface area (Å²) in [6.45, 7) is 3.26. The molecule has 0 aliphatic rings. The molecule has 0 heterocycles. The predicted molar refractivity (Wildman–Crippen MR) is 92.1 cm³/mol. The van der Waals surface area contributed by atoms with Gasteiger partial charge in [0.25, 0.3) is 5.91 Å². The quantitative estimate of drug-likeness (QED) is 0.752. The van der Waals surface area contributed by atoms with Gasteiger partial charge in [0.1, 0.15) is 11.4 Å². The van der Waals surface area contributed by atoms with Crippen molar-refractivity contribution in [2.24, 2.45) is 5.18 Å². The molecule has 2 rings (SSSR count). The first-order chi connectivity index (χ1) is 11.9. The van der Waals surface area contributed by atoms with Crippen LogP contribution in [0.2, 0.25) is 0 Å². The second-order valence-corrected chi connectivity index (χ2v) is 5.58. The van der Waals surface area contributed by atoms with Gasteiger partial charge < -0.3 is 15.2 Å². The number of rotatable bonds is 7. The summed E-state index contributed by atoms with van der Waals surface area (Å²) < 4.78 is 5.19. The van der Waals surface area contributed by atoms with Crippen LogP contribution >= 0.6 is 0 Å². The molecule has 2 aromatic rings. The first kappa shape index (κ1) is 18.1. The van der Waals surface area contributed by atoms with Crippen LogP contribution in [0.3, 0.4) is 0 Å². The average Bonchev–Trinajstić information content (AvgIpc) is 2.59. The van der Waals surface area contributed by atoms with Gasteiger partial charge in [-0.2, -0.15) is 0 Å². The van der Waals surface area contributed by atoms with Gasteiger partial charge in [-0.1, -0.05) is 18.2 Å². The van der Waals surface area contributed by atoms with Gasteiger partial charge >= 0.3 is 5.97 Å². The highest BCUT2D eigenvalue weighted by molar-refractivity contribution is 5.97. The van der Waals surface area contributed by atoms with Crippen molar-refractivity contribution < 1.29 is 19.4 Å². The molecule has 0 aliphatic carbocycles. The Balaban J connectivity index is 2.12. The second kappa shape index (κ2) is 8.05. The lowest BCUT2D eigenvalue weighted by Crippen LogP contribution is -2.24. The molecular weight excluding hydrogens is 324 g/mol. The number of aliphatic carboxylic acids is 1. The molecule has 0 saturated heterocycles. The van der Waals surface area contributed by atoms with E-state index < -0.39 is 18.5 Å². The van der Waals surface area contributed by atoms with Gasteiger partial charge in [-0.15, -0.1) is 4.91 Å². The third-order valence-corrected chi connectivity index (χ3v) is 3.56. The van der Waals surface area contributed by atoms with Gasteiger partial charge in [0.2, 0.25) is 0 Å². The van der Waals surface area contributed by atoms with Crippen LogP contribution in [0.5, 0.6) is 5.75 Å². The zero-order valence-electron chi connectivity index (χ0n) is 13.9. The molecule has 0 aromatic heterocycles. The van der Waals surface area contributed by atoms with E-state index in [1.165, 1.54) is 0 Å². The maximum Gasteiger partial charge on any atom is 0.341 e. The maximum absolute atomic E-state index is 12.4. The van der Waals surface area contributed by atoms with Crippen LogP contribution in [0.15, 0.2) is 41.6 Å². The van der Waals surface area contributed by atoms with Crippen molar-refractivity contribution in [2.75, 3.05) is 6.61 Å². The Kier molecular flexibility index (Phi) is 5.84. The van der Waals surface area contributed by atoms with Gasteiger partial charge in [-0.3, -0.25) is 4.79 Å². The topological polar surface area (TPSA) is 105 Å². The molecule has 0 radical (unpaired) electrons. The lowest BCUT2D eigenvalue weighted by atomic mass is 10.1. The van der Waals surface area contributed by atoms with E-state index in [9.17, 15) is 14.5 Å². The molecule has 130 valence electrons. The Morgan fingerprint density at radius 2 is 1.92 bits per heavy atom. The third kappa shape index (κ3) is 4.87. The molecule has 0 aliphatic heterocycles.